The summed E-state index contributed by atoms with van der Waals surface area (Å²) in [5.74, 6) is 1.59. The van der Waals surface area contributed by atoms with Gasteiger partial charge in [-0.25, -0.2) is 14.8 Å². The smallest absolute Gasteiger partial charge is 0.319 e. The van der Waals surface area contributed by atoms with E-state index in [9.17, 15) is 4.79 Å². The molecule has 1 aliphatic carbocycles. The van der Waals surface area contributed by atoms with Gasteiger partial charge in [0.05, 0.1) is 10.4 Å². The Labute approximate surface area is 187 Å². The van der Waals surface area contributed by atoms with Gasteiger partial charge in [-0.2, -0.15) is 0 Å². The summed E-state index contributed by atoms with van der Waals surface area (Å²) in [5, 5.41) is 5.55. The number of anilines is 2. The van der Waals surface area contributed by atoms with E-state index in [0.29, 0.717) is 12.4 Å². The van der Waals surface area contributed by atoms with Crippen molar-refractivity contribution in [3.8, 4) is 11.4 Å². The Hall–Kier alpha value is -3.06. The second-order valence-electron chi connectivity index (χ2n) is 7.80. The van der Waals surface area contributed by atoms with E-state index in [-0.39, 0.29) is 10.8 Å². The van der Waals surface area contributed by atoms with Crippen molar-refractivity contribution < 1.29 is 4.79 Å². The molecular formula is C24H27N5OS. The average molecular weight is 434 g/mol. The fraction of sp³-hybridized carbons (Fsp3) is 0.292. The highest BCUT2D eigenvalue weighted by atomic mass is 32.2. The Morgan fingerprint density at radius 1 is 1.06 bits per heavy atom. The van der Waals surface area contributed by atoms with E-state index in [2.05, 4.69) is 41.0 Å². The number of urea groups is 1. The topological polar surface area (TPSA) is 70.2 Å². The minimum Gasteiger partial charge on any atom is -0.363 e. The second-order valence-corrected chi connectivity index (χ2v) is 9.26. The van der Waals surface area contributed by atoms with Gasteiger partial charge in [-0.05, 0) is 56.2 Å². The number of aromatic nitrogens is 2. The first-order valence-corrected chi connectivity index (χ1v) is 11.3. The van der Waals surface area contributed by atoms with Crippen molar-refractivity contribution in [2.45, 2.75) is 29.4 Å². The van der Waals surface area contributed by atoms with Crippen molar-refractivity contribution >= 4 is 29.3 Å². The van der Waals surface area contributed by atoms with Gasteiger partial charge in [-0.15, -0.1) is 11.8 Å². The van der Waals surface area contributed by atoms with Crippen LogP contribution in [0.2, 0.25) is 0 Å². The third-order valence-corrected chi connectivity index (χ3v) is 6.65. The first-order chi connectivity index (χ1) is 15.0. The summed E-state index contributed by atoms with van der Waals surface area (Å²) in [5.41, 5.74) is 2.73. The standard InChI is InChI=1S/C24H27N5OS/c1-4-25-23(30)26-18-12-10-17(11-13-18)22-27-20(16-21(28-22)29(2)3)24(14-15-24)31-19-8-6-5-7-9-19/h5-13,16H,4,14-15H2,1-3H3,(H2,25,26,30). The van der Waals surface area contributed by atoms with Crippen LogP contribution in [0.25, 0.3) is 11.4 Å². The van der Waals surface area contributed by atoms with Crippen LogP contribution in [0.4, 0.5) is 16.3 Å². The molecule has 0 saturated heterocycles. The van der Waals surface area contributed by atoms with Crippen LogP contribution in [0, 0.1) is 0 Å². The van der Waals surface area contributed by atoms with Crippen molar-refractivity contribution in [2.75, 3.05) is 30.9 Å². The number of amides is 2. The molecule has 1 fully saturated rings. The SMILES string of the molecule is CCNC(=O)Nc1ccc(-c2nc(N(C)C)cc(C3(Sc4ccccc4)CC3)n2)cc1. The van der Waals surface area contributed by atoms with Crippen LogP contribution in [-0.2, 0) is 4.75 Å². The van der Waals surface area contributed by atoms with Gasteiger partial charge < -0.3 is 15.5 Å². The molecule has 4 rings (SSSR count). The highest BCUT2D eigenvalue weighted by Gasteiger charge is 2.47. The van der Waals surface area contributed by atoms with Crippen LogP contribution in [0.15, 0.2) is 65.6 Å². The summed E-state index contributed by atoms with van der Waals surface area (Å²) in [4.78, 5) is 24.8. The van der Waals surface area contributed by atoms with Crippen molar-refractivity contribution in [3.05, 3.63) is 66.4 Å². The number of benzene rings is 2. The molecule has 1 saturated carbocycles. The van der Waals surface area contributed by atoms with E-state index in [4.69, 9.17) is 9.97 Å². The lowest BCUT2D eigenvalue weighted by Crippen LogP contribution is -2.28. The highest BCUT2D eigenvalue weighted by Crippen LogP contribution is 2.59. The third kappa shape index (κ3) is 4.99. The zero-order valence-electron chi connectivity index (χ0n) is 18.1. The molecule has 2 N–H and O–H groups in total. The van der Waals surface area contributed by atoms with Crippen LogP contribution >= 0.6 is 11.8 Å². The summed E-state index contributed by atoms with van der Waals surface area (Å²) in [6, 6.07) is 20.0. The molecule has 31 heavy (non-hydrogen) atoms. The van der Waals surface area contributed by atoms with Crippen molar-refractivity contribution in [3.63, 3.8) is 0 Å². The van der Waals surface area contributed by atoms with Gasteiger partial charge in [-0.3, -0.25) is 0 Å². The van der Waals surface area contributed by atoms with Gasteiger partial charge in [0.25, 0.3) is 0 Å². The minimum atomic E-state index is -0.211. The Morgan fingerprint density at radius 3 is 2.39 bits per heavy atom. The minimum absolute atomic E-state index is 0.00351. The molecule has 0 aliphatic heterocycles. The first-order valence-electron chi connectivity index (χ1n) is 10.5. The number of thioether (sulfide) groups is 1. The Bertz CT molecular complexity index is 1050. The number of carbonyl (C=O) groups excluding carboxylic acids is 1. The number of rotatable bonds is 7. The fourth-order valence-electron chi connectivity index (χ4n) is 3.30. The van der Waals surface area contributed by atoms with Crippen molar-refractivity contribution in [1.82, 2.24) is 15.3 Å². The summed E-state index contributed by atoms with van der Waals surface area (Å²) < 4.78 is 0.00351. The van der Waals surface area contributed by atoms with E-state index in [1.807, 2.05) is 68.0 Å². The van der Waals surface area contributed by atoms with Gasteiger partial charge >= 0.3 is 6.03 Å². The van der Waals surface area contributed by atoms with Crippen LogP contribution in [0.5, 0.6) is 0 Å². The predicted molar refractivity (Wildman–Crippen MR) is 128 cm³/mol. The zero-order chi connectivity index (χ0) is 21.8. The van der Waals surface area contributed by atoms with Gasteiger partial charge in [0.2, 0.25) is 0 Å². The molecule has 2 aromatic carbocycles. The summed E-state index contributed by atoms with van der Waals surface area (Å²) in [7, 11) is 4.00. The molecule has 7 heteroatoms. The van der Waals surface area contributed by atoms with Crippen LogP contribution in [0.3, 0.4) is 0 Å². The van der Waals surface area contributed by atoms with E-state index in [1.165, 1.54) is 4.90 Å². The maximum atomic E-state index is 11.7. The van der Waals surface area contributed by atoms with E-state index in [1.54, 1.807) is 0 Å². The predicted octanol–water partition coefficient (Wildman–Crippen LogP) is 5.13. The molecule has 0 radical (unpaired) electrons. The van der Waals surface area contributed by atoms with Crippen molar-refractivity contribution in [2.24, 2.45) is 0 Å². The molecule has 1 aliphatic rings. The fourth-order valence-corrected chi connectivity index (χ4v) is 4.56. The first kappa shape index (κ1) is 21.2. The monoisotopic (exact) mass is 433 g/mol. The molecule has 1 heterocycles. The Kier molecular flexibility index (Phi) is 6.13. The second kappa shape index (κ2) is 8.98. The average Bonchev–Trinajstić information content (AvgIpc) is 3.55. The molecular weight excluding hydrogens is 406 g/mol. The molecule has 0 bridgehead atoms. The van der Waals surface area contributed by atoms with Gasteiger partial charge in [0, 0.05) is 42.9 Å². The Morgan fingerprint density at radius 2 is 1.77 bits per heavy atom. The molecule has 0 spiro atoms. The van der Waals surface area contributed by atoms with Crippen LogP contribution < -0.4 is 15.5 Å². The lowest BCUT2D eigenvalue weighted by Gasteiger charge is -2.19. The maximum absolute atomic E-state index is 11.7. The van der Waals surface area contributed by atoms with Crippen LogP contribution in [0.1, 0.15) is 25.5 Å². The van der Waals surface area contributed by atoms with Gasteiger partial charge in [0.1, 0.15) is 5.82 Å². The number of hydrogen-bond donors (Lipinski definition) is 2. The summed E-state index contributed by atoms with van der Waals surface area (Å²) >= 11 is 1.89. The molecule has 2 amide bonds. The van der Waals surface area contributed by atoms with Crippen LogP contribution in [-0.4, -0.2) is 36.6 Å². The number of nitrogens with one attached hydrogen (secondary N) is 2. The highest BCUT2D eigenvalue weighted by molar-refractivity contribution is 8.00. The van der Waals surface area contributed by atoms with E-state index >= 15 is 0 Å². The molecule has 1 aromatic heterocycles. The van der Waals surface area contributed by atoms with Gasteiger partial charge in [-0.1, -0.05) is 18.2 Å². The lowest BCUT2D eigenvalue weighted by molar-refractivity contribution is 0.252. The van der Waals surface area contributed by atoms with Gasteiger partial charge in [0.15, 0.2) is 5.82 Å². The van der Waals surface area contributed by atoms with E-state index < -0.39 is 0 Å². The molecule has 6 nitrogen and oxygen atoms in total. The summed E-state index contributed by atoms with van der Waals surface area (Å²) in [6.45, 7) is 2.47. The van der Waals surface area contributed by atoms with E-state index in [0.717, 1.165) is 35.6 Å². The maximum Gasteiger partial charge on any atom is 0.319 e. The number of hydrogen-bond acceptors (Lipinski definition) is 5. The molecule has 160 valence electrons. The lowest BCUT2D eigenvalue weighted by atomic mass is 10.1. The largest absolute Gasteiger partial charge is 0.363 e. The quantitative estimate of drug-likeness (QED) is 0.540. The zero-order valence-corrected chi connectivity index (χ0v) is 18.9. The number of carbonyl (C=O) groups is 1. The van der Waals surface area contributed by atoms with Crippen molar-refractivity contribution in [1.29, 1.82) is 0 Å². The summed E-state index contributed by atoms with van der Waals surface area (Å²) in [6.07, 6.45) is 2.20. The molecule has 3 aromatic rings. The Balaban J connectivity index is 1.63. The normalized spacial score (nSPS) is 14.0. The number of nitrogens with zero attached hydrogens (tertiary/aromatic N) is 3. The third-order valence-electron chi connectivity index (χ3n) is 5.14. The molecule has 0 unspecified atom stereocenters. The molecule has 0 atom stereocenters.